The summed E-state index contributed by atoms with van der Waals surface area (Å²) in [6, 6.07) is 0.348. The Morgan fingerprint density at radius 3 is 2.42 bits per heavy atom. The van der Waals surface area contributed by atoms with Gasteiger partial charge in [-0.1, -0.05) is 0 Å². The van der Waals surface area contributed by atoms with E-state index in [1.807, 2.05) is 0 Å². The van der Waals surface area contributed by atoms with Crippen molar-refractivity contribution in [3.8, 4) is 0 Å². The Labute approximate surface area is 79.7 Å². The lowest BCUT2D eigenvalue weighted by atomic mass is 10.1. The zero-order valence-corrected chi connectivity index (χ0v) is 8.32. The monoisotopic (exact) mass is 196 g/mol. The summed E-state index contributed by atoms with van der Waals surface area (Å²) in [5, 5.41) is 0. The summed E-state index contributed by atoms with van der Waals surface area (Å²) < 4.78 is 12.5. The Morgan fingerprint density at radius 1 is 1.50 bits per heavy atom. The minimum Gasteiger partial charge on any atom is -0.328 e. The van der Waals surface area contributed by atoms with Crippen LogP contribution in [0.5, 0.6) is 0 Å². The number of piperidine rings is 1. The smallest absolute Gasteiger partial charge is 0.110 e. The van der Waals surface area contributed by atoms with Gasteiger partial charge >= 0.3 is 0 Å². The van der Waals surface area contributed by atoms with Crippen LogP contribution in [0, 0.1) is 0 Å². The van der Waals surface area contributed by atoms with Gasteiger partial charge in [-0.3, -0.25) is 0 Å². The quantitative estimate of drug-likeness (QED) is 0.719. The maximum atomic E-state index is 12.5. The van der Waals surface area contributed by atoms with E-state index in [-0.39, 0.29) is 12.4 Å². The molecule has 0 bridgehead atoms. The molecule has 0 aliphatic carbocycles. The summed E-state index contributed by atoms with van der Waals surface area (Å²) in [6.45, 7) is 4.12. The number of alkyl halides is 1. The van der Waals surface area contributed by atoms with Gasteiger partial charge < -0.3 is 10.6 Å². The fourth-order valence-corrected chi connectivity index (χ4v) is 1.49. The largest absolute Gasteiger partial charge is 0.328 e. The molecule has 0 spiro atoms. The van der Waals surface area contributed by atoms with Gasteiger partial charge in [-0.25, -0.2) is 4.39 Å². The number of nitrogens with two attached hydrogens (primary N) is 1. The molecule has 0 aromatic rings. The standard InChI is InChI=1S/C8H17FN2.ClH/c1-7(9)6-11-4-2-8(10)3-5-11;/h7-8H,2-6,10H2,1H3;1H. The van der Waals surface area contributed by atoms with Gasteiger partial charge in [-0.15, -0.1) is 12.4 Å². The normalized spacial score (nSPS) is 23.2. The molecule has 2 nitrogen and oxygen atoms in total. The SMILES string of the molecule is CC(F)CN1CCC(N)CC1.Cl. The highest BCUT2D eigenvalue weighted by atomic mass is 35.5. The molecule has 0 aromatic carbocycles. The average Bonchev–Trinajstić information content (AvgIpc) is 1.93. The Hall–Kier alpha value is 0.140. The fourth-order valence-electron chi connectivity index (χ4n) is 1.49. The molecule has 1 unspecified atom stereocenters. The van der Waals surface area contributed by atoms with Crippen molar-refractivity contribution in [1.82, 2.24) is 4.90 Å². The number of hydrogen-bond acceptors (Lipinski definition) is 2. The topological polar surface area (TPSA) is 29.3 Å². The molecule has 12 heavy (non-hydrogen) atoms. The van der Waals surface area contributed by atoms with Crippen LogP contribution < -0.4 is 5.73 Å². The van der Waals surface area contributed by atoms with Gasteiger partial charge in [-0.05, 0) is 32.9 Å². The maximum Gasteiger partial charge on any atom is 0.110 e. The van der Waals surface area contributed by atoms with Crippen LogP contribution in [0.2, 0.25) is 0 Å². The van der Waals surface area contributed by atoms with E-state index in [1.54, 1.807) is 6.92 Å². The van der Waals surface area contributed by atoms with Gasteiger partial charge in [0.25, 0.3) is 0 Å². The Bertz CT molecular complexity index is 114. The third kappa shape index (κ3) is 4.24. The molecule has 2 N–H and O–H groups in total. The Morgan fingerprint density at radius 2 is 2.00 bits per heavy atom. The summed E-state index contributed by atoms with van der Waals surface area (Å²) >= 11 is 0. The van der Waals surface area contributed by atoms with Crippen LogP contribution >= 0.6 is 12.4 Å². The molecule has 74 valence electrons. The van der Waals surface area contributed by atoms with Crippen molar-refractivity contribution >= 4 is 12.4 Å². The van der Waals surface area contributed by atoms with Gasteiger partial charge in [0.1, 0.15) is 6.17 Å². The average molecular weight is 197 g/mol. The van der Waals surface area contributed by atoms with Gasteiger partial charge in [0.05, 0.1) is 0 Å². The van der Waals surface area contributed by atoms with E-state index in [1.165, 1.54) is 0 Å². The molecular formula is C8H18ClFN2. The first kappa shape index (κ1) is 12.1. The number of rotatable bonds is 2. The maximum absolute atomic E-state index is 12.5. The lowest BCUT2D eigenvalue weighted by Crippen LogP contribution is -2.41. The summed E-state index contributed by atoms with van der Waals surface area (Å²) in [7, 11) is 0. The molecule has 0 saturated carbocycles. The molecular weight excluding hydrogens is 179 g/mol. The molecule has 1 aliphatic heterocycles. The second kappa shape index (κ2) is 5.73. The summed E-state index contributed by atoms with van der Waals surface area (Å²) in [4.78, 5) is 2.15. The second-order valence-corrected chi connectivity index (χ2v) is 3.42. The van der Waals surface area contributed by atoms with Crippen LogP contribution in [0.4, 0.5) is 4.39 Å². The number of likely N-dealkylation sites (tertiary alicyclic amines) is 1. The lowest BCUT2D eigenvalue weighted by molar-refractivity contribution is 0.166. The lowest BCUT2D eigenvalue weighted by Gasteiger charge is -2.30. The first-order chi connectivity index (χ1) is 5.18. The van der Waals surface area contributed by atoms with Crippen LogP contribution in [-0.4, -0.2) is 36.7 Å². The van der Waals surface area contributed by atoms with Crippen LogP contribution in [0.3, 0.4) is 0 Å². The Balaban J connectivity index is 0.00000121. The van der Waals surface area contributed by atoms with Crippen LogP contribution in [0.25, 0.3) is 0 Å². The van der Waals surface area contributed by atoms with Crippen molar-refractivity contribution in [3.63, 3.8) is 0 Å². The van der Waals surface area contributed by atoms with E-state index < -0.39 is 6.17 Å². The highest BCUT2D eigenvalue weighted by molar-refractivity contribution is 5.85. The zero-order chi connectivity index (χ0) is 8.27. The van der Waals surface area contributed by atoms with Crippen molar-refractivity contribution in [3.05, 3.63) is 0 Å². The molecule has 0 aromatic heterocycles. The second-order valence-electron chi connectivity index (χ2n) is 3.42. The Kier molecular flexibility index (Phi) is 5.80. The van der Waals surface area contributed by atoms with Gasteiger partial charge in [-0.2, -0.15) is 0 Å². The molecule has 0 radical (unpaired) electrons. The summed E-state index contributed by atoms with van der Waals surface area (Å²) in [5.41, 5.74) is 5.71. The number of hydrogen-bond donors (Lipinski definition) is 1. The molecule has 1 aliphatic rings. The van der Waals surface area contributed by atoms with Gasteiger partial charge in [0, 0.05) is 12.6 Å². The van der Waals surface area contributed by atoms with Crippen LogP contribution in [0.1, 0.15) is 19.8 Å². The zero-order valence-electron chi connectivity index (χ0n) is 7.50. The van der Waals surface area contributed by atoms with Crippen LogP contribution in [-0.2, 0) is 0 Å². The van der Waals surface area contributed by atoms with E-state index in [4.69, 9.17) is 5.73 Å². The van der Waals surface area contributed by atoms with E-state index in [0.717, 1.165) is 25.9 Å². The molecule has 4 heteroatoms. The molecule has 1 fully saturated rings. The predicted octanol–water partition coefficient (Wildman–Crippen LogP) is 1.19. The minimum atomic E-state index is -0.704. The van der Waals surface area contributed by atoms with Crippen molar-refractivity contribution in [2.75, 3.05) is 19.6 Å². The van der Waals surface area contributed by atoms with Crippen molar-refractivity contribution in [2.24, 2.45) is 5.73 Å². The minimum absolute atomic E-state index is 0. The van der Waals surface area contributed by atoms with Crippen molar-refractivity contribution < 1.29 is 4.39 Å². The van der Waals surface area contributed by atoms with Gasteiger partial charge in [0.2, 0.25) is 0 Å². The summed E-state index contributed by atoms with van der Waals surface area (Å²) in [5.74, 6) is 0. The third-order valence-electron chi connectivity index (χ3n) is 2.14. The molecule has 1 rings (SSSR count). The number of nitrogens with zero attached hydrogens (tertiary/aromatic N) is 1. The van der Waals surface area contributed by atoms with Gasteiger partial charge in [0.15, 0.2) is 0 Å². The highest BCUT2D eigenvalue weighted by Gasteiger charge is 2.16. The van der Waals surface area contributed by atoms with E-state index in [0.29, 0.717) is 12.6 Å². The third-order valence-corrected chi connectivity index (χ3v) is 2.14. The predicted molar refractivity (Wildman–Crippen MR) is 51.5 cm³/mol. The first-order valence-electron chi connectivity index (χ1n) is 4.30. The highest BCUT2D eigenvalue weighted by Crippen LogP contribution is 2.08. The molecule has 1 saturated heterocycles. The summed E-state index contributed by atoms with van der Waals surface area (Å²) in [6.07, 6.45) is 1.34. The van der Waals surface area contributed by atoms with E-state index in [9.17, 15) is 4.39 Å². The van der Waals surface area contributed by atoms with Crippen molar-refractivity contribution in [1.29, 1.82) is 0 Å². The fraction of sp³-hybridized carbons (Fsp3) is 1.00. The first-order valence-corrected chi connectivity index (χ1v) is 4.30. The van der Waals surface area contributed by atoms with Crippen LogP contribution in [0.15, 0.2) is 0 Å². The number of halogens is 2. The molecule has 0 amide bonds. The van der Waals surface area contributed by atoms with E-state index in [2.05, 4.69) is 4.90 Å². The molecule has 1 heterocycles. The molecule has 1 atom stereocenters. The van der Waals surface area contributed by atoms with Crippen molar-refractivity contribution in [2.45, 2.75) is 32.0 Å². The van der Waals surface area contributed by atoms with E-state index >= 15 is 0 Å².